The van der Waals surface area contributed by atoms with Gasteiger partial charge in [-0.3, -0.25) is 4.68 Å². The Kier molecular flexibility index (Phi) is 3.71. The van der Waals surface area contributed by atoms with Crippen LogP contribution in [0.25, 0.3) is 0 Å². The van der Waals surface area contributed by atoms with Crippen molar-refractivity contribution >= 4 is 19.7 Å². The zero-order chi connectivity index (χ0) is 10.6. The molecule has 0 saturated heterocycles. The molecular formula is C8H11ClN2O2S. The fraction of sp³-hybridized carbons (Fsp3) is 0.375. The number of allylic oxidation sites excluding steroid dienone is 1. The Morgan fingerprint density at radius 3 is 2.93 bits per heavy atom. The van der Waals surface area contributed by atoms with E-state index in [-0.39, 0.29) is 5.75 Å². The summed E-state index contributed by atoms with van der Waals surface area (Å²) in [6, 6.07) is 1.77. The number of aromatic nitrogens is 2. The van der Waals surface area contributed by atoms with Crippen molar-refractivity contribution < 1.29 is 8.42 Å². The standard InChI is InChI=1S/C8H11ClN2O2S/c1-2-6-11-8(3-5-10-11)4-7-14(9,12)13/h2-3,5H,1,4,6-7H2. The number of rotatable bonds is 5. The lowest BCUT2D eigenvalue weighted by Gasteiger charge is -2.02. The van der Waals surface area contributed by atoms with E-state index in [2.05, 4.69) is 11.7 Å². The summed E-state index contributed by atoms with van der Waals surface area (Å²) < 4.78 is 23.1. The Hall–Kier alpha value is -0.810. The minimum atomic E-state index is -3.43. The van der Waals surface area contributed by atoms with Gasteiger partial charge in [0.1, 0.15) is 0 Å². The third kappa shape index (κ3) is 3.51. The lowest BCUT2D eigenvalue weighted by Crippen LogP contribution is -2.08. The van der Waals surface area contributed by atoms with Gasteiger partial charge >= 0.3 is 0 Å². The predicted molar refractivity (Wildman–Crippen MR) is 55.8 cm³/mol. The van der Waals surface area contributed by atoms with Crippen molar-refractivity contribution in [1.82, 2.24) is 9.78 Å². The van der Waals surface area contributed by atoms with Gasteiger partial charge in [0.05, 0.1) is 12.3 Å². The first-order chi connectivity index (χ1) is 6.53. The van der Waals surface area contributed by atoms with E-state index in [0.717, 1.165) is 5.69 Å². The highest BCUT2D eigenvalue weighted by atomic mass is 35.7. The maximum atomic E-state index is 10.7. The second-order valence-electron chi connectivity index (χ2n) is 2.79. The molecule has 1 heterocycles. The van der Waals surface area contributed by atoms with Crippen LogP contribution < -0.4 is 0 Å². The molecular weight excluding hydrogens is 224 g/mol. The van der Waals surface area contributed by atoms with Crippen LogP contribution >= 0.6 is 10.7 Å². The van der Waals surface area contributed by atoms with Crippen LogP contribution in [0, 0.1) is 0 Å². The highest BCUT2D eigenvalue weighted by Crippen LogP contribution is 2.05. The summed E-state index contributed by atoms with van der Waals surface area (Å²) in [5.41, 5.74) is 0.842. The van der Waals surface area contributed by atoms with E-state index in [1.54, 1.807) is 23.0 Å². The molecule has 1 aromatic heterocycles. The quantitative estimate of drug-likeness (QED) is 0.568. The first-order valence-corrected chi connectivity index (χ1v) is 6.54. The van der Waals surface area contributed by atoms with Crippen LogP contribution in [-0.4, -0.2) is 24.0 Å². The summed E-state index contributed by atoms with van der Waals surface area (Å²) >= 11 is 0. The molecule has 6 heteroatoms. The number of hydrogen-bond donors (Lipinski definition) is 0. The lowest BCUT2D eigenvalue weighted by atomic mass is 10.3. The molecule has 1 aromatic rings. The van der Waals surface area contributed by atoms with Crippen LogP contribution in [-0.2, 0) is 22.0 Å². The Morgan fingerprint density at radius 2 is 2.36 bits per heavy atom. The third-order valence-corrected chi connectivity index (χ3v) is 2.86. The van der Waals surface area contributed by atoms with Crippen molar-refractivity contribution in [3.8, 4) is 0 Å². The molecule has 0 saturated carbocycles. The molecule has 78 valence electrons. The summed E-state index contributed by atoms with van der Waals surface area (Å²) in [7, 11) is 1.68. The molecule has 0 bridgehead atoms. The van der Waals surface area contributed by atoms with Gasteiger partial charge in [-0.05, 0) is 6.07 Å². The van der Waals surface area contributed by atoms with Gasteiger partial charge in [0.2, 0.25) is 9.05 Å². The fourth-order valence-corrected chi connectivity index (χ4v) is 1.77. The zero-order valence-electron chi connectivity index (χ0n) is 7.56. The molecule has 0 N–H and O–H groups in total. The van der Waals surface area contributed by atoms with Gasteiger partial charge in [0.25, 0.3) is 0 Å². The minimum absolute atomic E-state index is 0.0720. The van der Waals surface area contributed by atoms with E-state index >= 15 is 0 Å². The molecule has 0 spiro atoms. The second kappa shape index (κ2) is 4.61. The van der Waals surface area contributed by atoms with Gasteiger partial charge in [0.15, 0.2) is 0 Å². The summed E-state index contributed by atoms with van der Waals surface area (Å²) in [4.78, 5) is 0. The number of halogens is 1. The van der Waals surface area contributed by atoms with Crippen LogP contribution in [0.15, 0.2) is 24.9 Å². The maximum Gasteiger partial charge on any atom is 0.232 e. The summed E-state index contributed by atoms with van der Waals surface area (Å²) in [6.07, 6.45) is 3.70. The Labute approximate surface area is 87.6 Å². The highest BCUT2D eigenvalue weighted by Gasteiger charge is 2.08. The monoisotopic (exact) mass is 234 g/mol. The number of aryl methyl sites for hydroxylation is 1. The molecule has 0 aliphatic heterocycles. The van der Waals surface area contributed by atoms with Crippen molar-refractivity contribution in [1.29, 1.82) is 0 Å². The Balaban J connectivity index is 2.67. The van der Waals surface area contributed by atoms with E-state index in [9.17, 15) is 8.42 Å². The zero-order valence-corrected chi connectivity index (χ0v) is 9.13. The van der Waals surface area contributed by atoms with Crippen LogP contribution in [0.2, 0.25) is 0 Å². The topological polar surface area (TPSA) is 52.0 Å². The van der Waals surface area contributed by atoms with E-state index in [1.807, 2.05) is 0 Å². The summed E-state index contributed by atoms with van der Waals surface area (Å²) in [6.45, 7) is 4.15. The van der Waals surface area contributed by atoms with Gasteiger partial charge < -0.3 is 0 Å². The molecule has 14 heavy (non-hydrogen) atoms. The average molecular weight is 235 g/mol. The molecule has 0 fully saturated rings. The van der Waals surface area contributed by atoms with Crippen LogP contribution in [0.1, 0.15) is 5.69 Å². The number of hydrogen-bond acceptors (Lipinski definition) is 3. The van der Waals surface area contributed by atoms with Crippen LogP contribution in [0.5, 0.6) is 0 Å². The highest BCUT2D eigenvalue weighted by molar-refractivity contribution is 8.13. The maximum absolute atomic E-state index is 10.7. The fourth-order valence-electron chi connectivity index (χ4n) is 1.09. The first kappa shape index (κ1) is 11.3. The molecule has 1 rings (SSSR count). The predicted octanol–water partition coefficient (Wildman–Crippen LogP) is 1.18. The van der Waals surface area contributed by atoms with Crippen LogP contribution in [0.3, 0.4) is 0 Å². The smallest absolute Gasteiger partial charge is 0.232 e. The van der Waals surface area contributed by atoms with Crippen LogP contribution in [0.4, 0.5) is 0 Å². The largest absolute Gasteiger partial charge is 0.266 e. The molecule has 0 aliphatic carbocycles. The van der Waals surface area contributed by atoms with Crippen molar-refractivity contribution in [3.05, 3.63) is 30.6 Å². The van der Waals surface area contributed by atoms with Gasteiger partial charge in [-0.25, -0.2) is 8.42 Å². The van der Waals surface area contributed by atoms with E-state index in [1.165, 1.54) is 0 Å². The summed E-state index contributed by atoms with van der Waals surface area (Å²) in [5, 5.41) is 4.01. The van der Waals surface area contributed by atoms with Gasteiger partial charge in [-0.1, -0.05) is 6.08 Å². The minimum Gasteiger partial charge on any atom is -0.266 e. The number of nitrogens with zero attached hydrogens (tertiary/aromatic N) is 2. The Bertz CT molecular complexity index is 411. The second-order valence-corrected chi connectivity index (χ2v) is 5.68. The molecule has 0 radical (unpaired) electrons. The molecule has 0 aliphatic rings. The lowest BCUT2D eigenvalue weighted by molar-refractivity contribution is 0.605. The molecule has 0 unspecified atom stereocenters. The van der Waals surface area contributed by atoms with Crippen molar-refractivity contribution in [3.63, 3.8) is 0 Å². The van der Waals surface area contributed by atoms with Crippen molar-refractivity contribution in [2.75, 3.05) is 5.75 Å². The van der Waals surface area contributed by atoms with Crippen molar-refractivity contribution in [2.24, 2.45) is 0 Å². The van der Waals surface area contributed by atoms with Gasteiger partial charge in [-0.15, -0.1) is 6.58 Å². The van der Waals surface area contributed by atoms with E-state index < -0.39 is 9.05 Å². The Morgan fingerprint density at radius 1 is 1.64 bits per heavy atom. The molecule has 0 amide bonds. The molecule has 0 aromatic carbocycles. The average Bonchev–Trinajstić information content (AvgIpc) is 2.48. The molecule has 4 nitrogen and oxygen atoms in total. The normalized spacial score (nSPS) is 11.5. The van der Waals surface area contributed by atoms with Gasteiger partial charge in [0, 0.05) is 29.0 Å². The SMILES string of the molecule is C=CCn1nccc1CCS(=O)(=O)Cl. The van der Waals surface area contributed by atoms with Gasteiger partial charge in [-0.2, -0.15) is 5.10 Å². The molecule has 0 atom stereocenters. The third-order valence-electron chi connectivity index (χ3n) is 1.71. The van der Waals surface area contributed by atoms with E-state index in [4.69, 9.17) is 10.7 Å². The first-order valence-electron chi connectivity index (χ1n) is 4.07. The summed E-state index contributed by atoms with van der Waals surface area (Å²) in [5.74, 6) is -0.0720. The van der Waals surface area contributed by atoms with E-state index in [0.29, 0.717) is 13.0 Å². The van der Waals surface area contributed by atoms with Crippen molar-refractivity contribution in [2.45, 2.75) is 13.0 Å².